The van der Waals surface area contributed by atoms with Gasteiger partial charge < -0.3 is 0 Å². The molecule has 5 nitrogen and oxygen atoms in total. The molecule has 0 fully saturated rings. The number of nitrogens with zero attached hydrogens (tertiary/aromatic N) is 1. The van der Waals surface area contributed by atoms with Crippen molar-refractivity contribution >= 4 is 17.3 Å². The van der Waals surface area contributed by atoms with E-state index in [2.05, 4.69) is 0 Å². The molecule has 0 heterocycles. The molecule has 1 aromatic rings. The van der Waals surface area contributed by atoms with Crippen LogP contribution in [0, 0.1) is 15.5 Å². The zero-order chi connectivity index (χ0) is 13.9. The molecule has 1 rings (SSSR count). The summed E-state index contributed by atoms with van der Waals surface area (Å²) in [5.41, 5.74) is -0.317. The van der Waals surface area contributed by atoms with E-state index in [4.69, 9.17) is 0 Å². The number of Topliss-reactive ketones (excluding diaryl/α,β-unsaturated/α-hetero) is 2. The van der Waals surface area contributed by atoms with Crippen LogP contribution >= 0.6 is 0 Å². The Morgan fingerprint density at radius 2 is 1.67 bits per heavy atom. The van der Waals surface area contributed by atoms with Crippen molar-refractivity contribution < 1.29 is 14.5 Å². The van der Waals surface area contributed by atoms with E-state index in [9.17, 15) is 19.7 Å². The second kappa shape index (κ2) is 5.08. The molecule has 0 aliphatic carbocycles. The van der Waals surface area contributed by atoms with E-state index in [1.807, 2.05) is 0 Å². The van der Waals surface area contributed by atoms with Gasteiger partial charge >= 0.3 is 0 Å². The zero-order valence-corrected chi connectivity index (χ0v) is 10.6. The number of rotatable bonds is 4. The molecule has 18 heavy (non-hydrogen) atoms. The maximum absolute atomic E-state index is 11.8. The van der Waals surface area contributed by atoms with Crippen molar-refractivity contribution in [3.63, 3.8) is 0 Å². The third kappa shape index (κ3) is 3.48. The van der Waals surface area contributed by atoms with Crippen LogP contribution in [-0.2, 0) is 4.79 Å². The minimum Gasteiger partial charge on any atom is -0.299 e. The quantitative estimate of drug-likeness (QED) is 0.356. The molecule has 96 valence electrons. The van der Waals surface area contributed by atoms with Gasteiger partial charge in [-0.05, 0) is 12.1 Å². The molecular weight excluding hydrogens is 234 g/mol. The van der Waals surface area contributed by atoms with E-state index in [0.29, 0.717) is 5.56 Å². The summed E-state index contributed by atoms with van der Waals surface area (Å²) in [5, 5.41) is 10.5. The Labute approximate surface area is 105 Å². The Bertz CT molecular complexity index is 483. The summed E-state index contributed by atoms with van der Waals surface area (Å²) in [6, 6.07) is 5.26. The summed E-state index contributed by atoms with van der Waals surface area (Å²) in [5.74, 6) is -0.462. The monoisotopic (exact) mass is 249 g/mol. The van der Waals surface area contributed by atoms with Crippen molar-refractivity contribution in [3.05, 3.63) is 39.9 Å². The molecule has 0 radical (unpaired) electrons. The van der Waals surface area contributed by atoms with Crippen LogP contribution in [0.1, 0.15) is 37.6 Å². The molecule has 0 saturated carbocycles. The van der Waals surface area contributed by atoms with Gasteiger partial charge in [-0.15, -0.1) is 0 Å². The molecule has 0 N–H and O–H groups in total. The van der Waals surface area contributed by atoms with Gasteiger partial charge in [-0.3, -0.25) is 19.7 Å². The predicted molar refractivity (Wildman–Crippen MR) is 66.5 cm³/mol. The third-order valence-electron chi connectivity index (χ3n) is 2.56. The SMILES string of the molecule is CC(C)(C)C(=O)CC(=O)c1ccc([N+](=O)[O-])cc1. The lowest BCUT2D eigenvalue weighted by Crippen LogP contribution is -2.23. The minimum atomic E-state index is -0.559. The van der Waals surface area contributed by atoms with Gasteiger partial charge in [0.2, 0.25) is 0 Å². The molecule has 1 aromatic carbocycles. The normalized spacial score (nSPS) is 11.1. The Morgan fingerprint density at radius 1 is 1.17 bits per heavy atom. The fourth-order valence-electron chi connectivity index (χ4n) is 1.28. The summed E-state index contributed by atoms with van der Waals surface area (Å²) in [7, 11) is 0. The Hall–Kier alpha value is -2.04. The fraction of sp³-hybridized carbons (Fsp3) is 0.385. The largest absolute Gasteiger partial charge is 0.299 e. The smallest absolute Gasteiger partial charge is 0.269 e. The Morgan fingerprint density at radius 3 is 2.06 bits per heavy atom. The average molecular weight is 249 g/mol. The topological polar surface area (TPSA) is 77.3 Å². The molecule has 0 spiro atoms. The maximum atomic E-state index is 11.8. The number of carbonyl (C=O) groups is 2. The average Bonchev–Trinajstić information content (AvgIpc) is 2.27. The highest BCUT2D eigenvalue weighted by Crippen LogP contribution is 2.19. The van der Waals surface area contributed by atoms with Crippen LogP contribution in [0.4, 0.5) is 5.69 Å². The van der Waals surface area contributed by atoms with Crippen molar-refractivity contribution in [3.8, 4) is 0 Å². The van der Waals surface area contributed by atoms with Gasteiger partial charge in [0.1, 0.15) is 5.78 Å². The van der Waals surface area contributed by atoms with Gasteiger partial charge in [-0.2, -0.15) is 0 Å². The van der Waals surface area contributed by atoms with E-state index >= 15 is 0 Å². The first-order valence-corrected chi connectivity index (χ1v) is 5.53. The summed E-state index contributed by atoms with van der Waals surface area (Å²) < 4.78 is 0. The fourth-order valence-corrected chi connectivity index (χ4v) is 1.28. The number of benzene rings is 1. The van der Waals surface area contributed by atoms with Crippen molar-refractivity contribution in [2.45, 2.75) is 27.2 Å². The molecule has 0 bridgehead atoms. The number of carbonyl (C=O) groups excluding carboxylic acids is 2. The number of hydrogen-bond acceptors (Lipinski definition) is 4. The molecular formula is C13H15NO4. The van der Waals surface area contributed by atoms with E-state index in [1.54, 1.807) is 20.8 Å². The number of ketones is 2. The highest BCUT2D eigenvalue weighted by molar-refractivity contribution is 6.09. The maximum Gasteiger partial charge on any atom is 0.269 e. The molecule has 0 aromatic heterocycles. The first kappa shape index (κ1) is 14.0. The van der Waals surface area contributed by atoms with Crippen LogP contribution in [0.25, 0.3) is 0 Å². The molecule has 0 amide bonds. The number of non-ortho nitro benzene ring substituents is 1. The number of hydrogen-bond donors (Lipinski definition) is 0. The second-order valence-electron chi connectivity index (χ2n) is 5.08. The lowest BCUT2D eigenvalue weighted by molar-refractivity contribution is -0.384. The minimum absolute atomic E-state index is 0.0753. The van der Waals surface area contributed by atoms with Crippen molar-refractivity contribution in [1.82, 2.24) is 0 Å². The van der Waals surface area contributed by atoms with E-state index < -0.39 is 10.3 Å². The highest BCUT2D eigenvalue weighted by atomic mass is 16.6. The van der Waals surface area contributed by atoms with Crippen LogP contribution in [-0.4, -0.2) is 16.5 Å². The van der Waals surface area contributed by atoms with Crippen LogP contribution < -0.4 is 0 Å². The predicted octanol–water partition coefficient (Wildman–Crippen LogP) is 2.78. The van der Waals surface area contributed by atoms with Gasteiger partial charge in [0.25, 0.3) is 5.69 Å². The standard InChI is InChI=1S/C13H15NO4/c1-13(2,3)12(16)8-11(15)9-4-6-10(7-5-9)14(17)18/h4-7H,8H2,1-3H3. The summed E-state index contributed by atoms with van der Waals surface area (Å²) >= 11 is 0. The van der Waals surface area contributed by atoms with Crippen LogP contribution in [0.15, 0.2) is 24.3 Å². The van der Waals surface area contributed by atoms with E-state index in [-0.39, 0.29) is 23.7 Å². The summed E-state index contributed by atoms with van der Waals surface area (Å²) in [6.45, 7) is 5.25. The molecule has 5 heteroatoms. The van der Waals surface area contributed by atoms with Crippen LogP contribution in [0.5, 0.6) is 0 Å². The number of nitro groups is 1. The van der Waals surface area contributed by atoms with Crippen molar-refractivity contribution in [1.29, 1.82) is 0 Å². The van der Waals surface area contributed by atoms with Crippen LogP contribution in [0.2, 0.25) is 0 Å². The third-order valence-corrected chi connectivity index (χ3v) is 2.56. The van der Waals surface area contributed by atoms with E-state index in [0.717, 1.165) is 0 Å². The van der Waals surface area contributed by atoms with Gasteiger partial charge in [0.05, 0.1) is 11.3 Å². The van der Waals surface area contributed by atoms with Gasteiger partial charge in [-0.1, -0.05) is 20.8 Å². The van der Waals surface area contributed by atoms with Crippen molar-refractivity contribution in [2.24, 2.45) is 5.41 Å². The van der Waals surface area contributed by atoms with E-state index in [1.165, 1.54) is 24.3 Å². The lowest BCUT2D eigenvalue weighted by atomic mass is 9.87. The molecule has 0 aliphatic rings. The number of nitro benzene ring substituents is 1. The first-order chi connectivity index (χ1) is 8.21. The van der Waals surface area contributed by atoms with Gasteiger partial charge in [0, 0.05) is 23.1 Å². The molecule has 0 unspecified atom stereocenters. The zero-order valence-electron chi connectivity index (χ0n) is 10.6. The van der Waals surface area contributed by atoms with Gasteiger partial charge in [-0.25, -0.2) is 0 Å². The van der Waals surface area contributed by atoms with Gasteiger partial charge in [0.15, 0.2) is 5.78 Å². The molecule has 0 aliphatic heterocycles. The molecule has 0 atom stereocenters. The Balaban J connectivity index is 2.80. The first-order valence-electron chi connectivity index (χ1n) is 5.53. The molecule has 0 saturated heterocycles. The Kier molecular flexibility index (Phi) is 3.96. The summed E-state index contributed by atoms with van der Waals surface area (Å²) in [6.07, 6.45) is -0.179. The van der Waals surface area contributed by atoms with Crippen LogP contribution in [0.3, 0.4) is 0 Å². The second-order valence-corrected chi connectivity index (χ2v) is 5.08. The van der Waals surface area contributed by atoms with Crippen molar-refractivity contribution in [2.75, 3.05) is 0 Å². The lowest BCUT2D eigenvalue weighted by Gasteiger charge is -2.15. The summed E-state index contributed by atoms with van der Waals surface area (Å²) in [4.78, 5) is 33.4. The highest BCUT2D eigenvalue weighted by Gasteiger charge is 2.24.